The maximum atomic E-state index is 9.98. The van der Waals surface area contributed by atoms with E-state index in [-0.39, 0.29) is 0 Å². The standard InChI is InChI=1S/C18H30N2OS/c1-16-13-19(9-10-20(16)15-18(2,3)21)11-12-22-14-17-7-5-4-6-8-17/h4-8,16,21H,9-15H2,1-3H3. The molecule has 3 nitrogen and oxygen atoms in total. The van der Waals surface area contributed by atoms with Gasteiger partial charge in [0.2, 0.25) is 0 Å². The smallest absolute Gasteiger partial charge is 0.0718 e. The van der Waals surface area contributed by atoms with Crippen molar-refractivity contribution in [1.29, 1.82) is 0 Å². The van der Waals surface area contributed by atoms with Gasteiger partial charge in [-0.3, -0.25) is 9.80 Å². The van der Waals surface area contributed by atoms with Gasteiger partial charge < -0.3 is 5.11 Å². The number of nitrogens with zero attached hydrogens (tertiary/aromatic N) is 2. The highest BCUT2D eigenvalue weighted by Gasteiger charge is 2.27. The zero-order chi connectivity index (χ0) is 16.0. The number of benzene rings is 1. The molecule has 1 saturated heterocycles. The molecular formula is C18H30N2OS. The molecule has 1 heterocycles. The summed E-state index contributed by atoms with van der Waals surface area (Å²) in [6.45, 7) is 11.3. The molecule has 1 N–H and O–H groups in total. The quantitative estimate of drug-likeness (QED) is 0.781. The Bertz CT molecular complexity index is 432. The van der Waals surface area contributed by atoms with E-state index >= 15 is 0 Å². The first kappa shape index (κ1) is 17.8. The molecule has 124 valence electrons. The zero-order valence-electron chi connectivity index (χ0n) is 14.2. The Kier molecular flexibility index (Phi) is 6.75. The van der Waals surface area contributed by atoms with Crippen LogP contribution in [-0.4, -0.2) is 65.0 Å². The second kappa shape index (κ2) is 8.34. The number of piperazine rings is 1. The van der Waals surface area contributed by atoms with Gasteiger partial charge >= 0.3 is 0 Å². The van der Waals surface area contributed by atoms with Crippen LogP contribution in [0.5, 0.6) is 0 Å². The lowest BCUT2D eigenvalue weighted by atomic mass is 10.1. The Labute approximate surface area is 139 Å². The summed E-state index contributed by atoms with van der Waals surface area (Å²) in [7, 11) is 0. The lowest BCUT2D eigenvalue weighted by Crippen LogP contribution is -2.55. The fraction of sp³-hybridized carbons (Fsp3) is 0.667. The molecular weight excluding hydrogens is 292 g/mol. The first-order valence-corrected chi connectivity index (χ1v) is 9.40. The molecule has 0 aromatic heterocycles. The van der Waals surface area contributed by atoms with Crippen molar-refractivity contribution in [1.82, 2.24) is 9.80 Å². The Hall–Kier alpha value is -0.550. The normalized spacial score (nSPS) is 21.2. The molecule has 1 fully saturated rings. The van der Waals surface area contributed by atoms with Crippen LogP contribution in [0.25, 0.3) is 0 Å². The number of hydrogen-bond acceptors (Lipinski definition) is 4. The highest BCUT2D eigenvalue weighted by atomic mass is 32.2. The molecule has 1 aromatic carbocycles. The van der Waals surface area contributed by atoms with Gasteiger partial charge in [0.15, 0.2) is 0 Å². The van der Waals surface area contributed by atoms with Gasteiger partial charge in [0, 0.05) is 50.3 Å². The average molecular weight is 323 g/mol. The van der Waals surface area contributed by atoms with Crippen LogP contribution in [0.4, 0.5) is 0 Å². The summed E-state index contributed by atoms with van der Waals surface area (Å²) in [5, 5.41) is 9.98. The molecule has 0 amide bonds. The molecule has 1 aliphatic heterocycles. The Morgan fingerprint density at radius 3 is 2.59 bits per heavy atom. The van der Waals surface area contributed by atoms with Gasteiger partial charge in [0.1, 0.15) is 0 Å². The minimum atomic E-state index is -0.595. The Morgan fingerprint density at radius 2 is 1.95 bits per heavy atom. The lowest BCUT2D eigenvalue weighted by Gasteiger charge is -2.42. The summed E-state index contributed by atoms with van der Waals surface area (Å²) in [6.07, 6.45) is 0. The van der Waals surface area contributed by atoms with E-state index in [1.807, 2.05) is 25.6 Å². The van der Waals surface area contributed by atoms with Crippen molar-refractivity contribution in [3.8, 4) is 0 Å². The van der Waals surface area contributed by atoms with Gasteiger partial charge in [0.25, 0.3) is 0 Å². The summed E-state index contributed by atoms with van der Waals surface area (Å²) in [6, 6.07) is 11.2. The van der Waals surface area contributed by atoms with Crippen LogP contribution in [0.2, 0.25) is 0 Å². The van der Waals surface area contributed by atoms with Crippen molar-refractivity contribution in [3.63, 3.8) is 0 Å². The summed E-state index contributed by atoms with van der Waals surface area (Å²) in [5.41, 5.74) is 0.818. The largest absolute Gasteiger partial charge is 0.389 e. The third-order valence-electron chi connectivity index (χ3n) is 4.10. The van der Waals surface area contributed by atoms with Crippen molar-refractivity contribution >= 4 is 11.8 Å². The van der Waals surface area contributed by atoms with E-state index in [1.165, 1.54) is 11.3 Å². The first-order chi connectivity index (χ1) is 10.4. The third-order valence-corrected chi connectivity index (χ3v) is 5.11. The summed E-state index contributed by atoms with van der Waals surface area (Å²) < 4.78 is 0. The second-order valence-corrected chi connectivity index (χ2v) is 8.08. The fourth-order valence-corrected chi connectivity index (χ4v) is 3.92. The number of thioether (sulfide) groups is 1. The fourth-order valence-electron chi connectivity index (χ4n) is 2.96. The van der Waals surface area contributed by atoms with Crippen LogP contribution in [0.1, 0.15) is 26.3 Å². The summed E-state index contributed by atoms with van der Waals surface area (Å²) in [5.74, 6) is 2.29. The predicted molar refractivity (Wildman–Crippen MR) is 96.4 cm³/mol. The number of rotatable bonds is 7. The molecule has 0 spiro atoms. The first-order valence-electron chi connectivity index (χ1n) is 8.24. The third kappa shape index (κ3) is 6.29. The van der Waals surface area contributed by atoms with E-state index in [0.29, 0.717) is 6.04 Å². The number of aliphatic hydroxyl groups is 1. The number of hydrogen-bond donors (Lipinski definition) is 1. The van der Waals surface area contributed by atoms with Crippen LogP contribution in [0.3, 0.4) is 0 Å². The molecule has 0 saturated carbocycles. The van der Waals surface area contributed by atoms with E-state index in [9.17, 15) is 5.11 Å². The molecule has 1 aromatic rings. The number of β-amino-alcohol motifs (C(OH)–C–C–N with tert-alkyl or cyclic N) is 1. The van der Waals surface area contributed by atoms with Gasteiger partial charge in [-0.25, -0.2) is 0 Å². The van der Waals surface area contributed by atoms with E-state index < -0.39 is 5.60 Å². The molecule has 1 atom stereocenters. The van der Waals surface area contributed by atoms with Crippen molar-refractivity contribution in [2.24, 2.45) is 0 Å². The predicted octanol–water partition coefficient (Wildman–Crippen LogP) is 2.70. The molecule has 0 aliphatic carbocycles. The monoisotopic (exact) mass is 322 g/mol. The molecule has 2 rings (SSSR count). The van der Waals surface area contributed by atoms with E-state index in [2.05, 4.69) is 47.1 Å². The second-order valence-electron chi connectivity index (χ2n) is 6.97. The SMILES string of the molecule is CC1CN(CCSCc2ccccc2)CCN1CC(C)(C)O. The van der Waals surface area contributed by atoms with Gasteiger partial charge in [-0.15, -0.1) is 0 Å². The molecule has 1 aliphatic rings. The van der Waals surface area contributed by atoms with E-state index in [1.54, 1.807) is 0 Å². The molecule has 1 unspecified atom stereocenters. The van der Waals surface area contributed by atoms with Crippen molar-refractivity contribution in [3.05, 3.63) is 35.9 Å². The minimum absolute atomic E-state index is 0.527. The summed E-state index contributed by atoms with van der Waals surface area (Å²) in [4.78, 5) is 4.97. The highest BCUT2D eigenvalue weighted by molar-refractivity contribution is 7.98. The minimum Gasteiger partial charge on any atom is -0.389 e. The van der Waals surface area contributed by atoms with Gasteiger partial charge in [0.05, 0.1) is 5.60 Å². The topological polar surface area (TPSA) is 26.7 Å². The van der Waals surface area contributed by atoms with Crippen LogP contribution in [0, 0.1) is 0 Å². The maximum Gasteiger partial charge on any atom is 0.0718 e. The van der Waals surface area contributed by atoms with E-state index in [4.69, 9.17) is 0 Å². The van der Waals surface area contributed by atoms with Crippen molar-refractivity contribution in [2.45, 2.75) is 38.2 Å². The lowest BCUT2D eigenvalue weighted by molar-refractivity contribution is -0.00248. The molecule has 0 radical (unpaired) electrons. The molecule has 0 bridgehead atoms. The van der Waals surface area contributed by atoms with Crippen LogP contribution >= 0.6 is 11.8 Å². The summed E-state index contributed by atoms with van der Waals surface area (Å²) >= 11 is 2.02. The van der Waals surface area contributed by atoms with Crippen molar-refractivity contribution in [2.75, 3.05) is 38.5 Å². The Morgan fingerprint density at radius 1 is 1.23 bits per heavy atom. The zero-order valence-corrected chi connectivity index (χ0v) is 15.0. The van der Waals surface area contributed by atoms with Gasteiger partial charge in [-0.05, 0) is 26.3 Å². The van der Waals surface area contributed by atoms with Crippen LogP contribution < -0.4 is 0 Å². The Balaban J connectivity index is 1.64. The molecule has 4 heteroatoms. The van der Waals surface area contributed by atoms with Gasteiger partial charge in [-0.2, -0.15) is 11.8 Å². The van der Waals surface area contributed by atoms with Gasteiger partial charge in [-0.1, -0.05) is 30.3 Å². The molecule has 22 heavy (non-hydrogen) atoms. The van der Waals surface area contributed by atoms with E-state index in [0.717, 1.165) is 38.5 Å². The maximum absolute atomic E-state index is 9.98. The highest BCUT2D eigenvalue weighted by Crippen LogP contribution is 2.16. The van der Waals surface area contributed by atoms with Crippen molar-refractivity contribution < 1.29 is 5.11 Å². The average Bonchev–Trinajstić information content (AvgIpc) is 2.46. The van der Waals surface area contributed by atoms with Crippen LogP contribution in [0.15, 0.2) is 30.3 Å². The van der Waals surface area contributed by atoms with Crippen LogP contribution in [-0.2, 0) is 5.75 Å².